The lowest BCUT2D eigenvalue weighted by Crippen LogP contribution is -2.21. The smallest absolute Gasteiger partial charge is 0.244 e. The molecule has 2 aromatic carbocycles. The molecule has 1 heterocycles. The highest BCUT2D eigenvalue weighted by molar-refractivity contribution is 6.43. The highest BCUT2D eigenvalue weighted by Crippen LogP contribution is 2.29. The van der Waals surface area contributed by atoms with Crippen LogP contribution >= 0.6 is 23.2 Å². The van der Waals surface area contributed by atoms with Crippen LogP contribution < -0.4 is 10.7 Å². The summed E-state index contributed by atoms with van der Waals surface area (Å²) in [5.41, 5.74) is 3.06. The van der Waals surface area contributed by atoms with Crippen LogP contribution in [0.15, 0.2) is 47.4 Å². The minimum atomic E-state index is -0.256. The molecular weight excluding hydrogens is 359 g/mol. The topological polar surface area (TPSA) is 51.1 Å². The van der Waals surface area contributed by atoms with Crippen molar-refractivity contribution in [2.75, 3.05) is 5.32 Å². The summed E-state index contributed by atoms with van der Waals surface area (Å²) in [6.07, 6.45) is 1.63. The maximum atomic E-state index is 12.4. The van der Waals surface area contributed by atoms with E-state index < -0.39 is 0 Å². The monoisotopic (exact) mass is 374 g/mol. The molecule has 3 rings (SSSR count). The van der Waals surface area contributed by atoms with Crippen molar-refractivity contribution >= 4 is 45.7 Å². The van der Waals surface area contributed by atoms with E-state index in [-0.39, 0.29) is 17.9 Å². The molecule has 0 radical (unpaired) electrons. The molecule has 0 unspecified atom stereocenters. The van der Waals surface area contributed by atoms with Crippen molar-refractivity contribution in [1.82, 2.24) is 4.57 Å². The number of aryl methyl sites for hydroxylation is 2. The Hall–Kier alpha value is -2.30. The number of carbonyl (C=O) groups excluding carboxylic acids is 1. The summed E-state index contributed by atoms with van der Waals surface area (Å²) >= 11 is 12.1. The molecule has 25 heavy (non-hydrogen) atoms. The number of benzene rings is 2. The number of halogens is 2. The van der Waals surface area contributed by atoms with Crippen LogP contribution in [-0.2, 0) is 11.3 Å². The lowest BCUT2D eigenvalue weighted by Gasteiger charge is -2.14. The van der Waals surface area contributed by atoms with Gasteiger partial charge in [0.1, 0.15) is 6.54 Å². The molecule has 1 N–H and O–H groups in total. The highest BCUT2D eigenvalue weighted by atomic mass is 35.5. The number of fused-ring (bicyclic) bond motifs is 1. The second-order valence-electron chi connectivity index (χ2n) is 5.93. The van der Waals surface area contributed by atoms with Gasteiger partial charge in [-0.25, -0.2) is 0 Å². The number of hydrogen-bond acceptors (Lipinski definition) is 2. The van der Waals surface area contributed by atoms with Crippen LogP contribution in [0.5, 0.6) is 0 Å². The second kappa shape index (κ2) is 6.90. The maximum absolute atomic E-state index is 12.4. The largest absolute Gasteiger partial charge is 0.338 e. The van der Waals surface area contributed by atoms with Crippen molar-refractivity contribution in [2.45, 2.75) is 20.4 Å². The summed E-state index contributed by atoms with van der Waals surface area (Å²) in [5.74, 6) is -0.256. The molecule has 0 aliphatic carbocycles. The number of nitrogens with zero attached hydrogens (tertiary/aromatic N) is 1. The quantitative estimate of drug-likeness (QED) is 0.730. The zero-order chi connectivity index (χ0) is 18.1. The Morgan fingerprint density at radius 1 is 1.16 bits per heavy atom. The summed E-state index contributed by atoms with van der Waals surface area (Å²) in [4.78, 5) is 24.6. The number of amides is 1. The molecule has 0 saturated carbocycles. The average molecular weight is 375 g/mol. The van der Waals surface area contributed by atoms with Gasteiger partial charge in [0.15, 0.2) is 5.43 Å². The summed E-state index contributed by atoms with van der Waals surface area (Å²) < 4.78 is 1.75. The maximum Gasteiger partial charge on any atom is 0.244 e. The fourth-order valence-electron chi connectivity index (χ4n) is 2.90. The number of hydrogen-bond donors (Lipinski definition) is 1. The van der Waals surface area contributed by atoms with Crippen molar-refractivity contribution in [3.8, 4) is 0 Å². The molecule has 0 atom stereocenters. The molecular formula is C19H16Cl2N2O2. The first kappa shape index (κ1) is 17.5. The van der Waals surface area contributed by atoms with Gasteiger partial charge in [-0.2, -0.15) is 0 Å². The van der Waals surface area contributed by atoms with Gasteiger partial charge in [0.2, 0.25) is 5.91 Å². The Bertz CT molecular complexity index is 1040. The van der Waals surface area contributed by atoms with Gasteiger partial charge in [-0.15, -0.1) is 0 Å². The van der Waals surface area contributed by atoms with Gasteiger partial charge in [-0.3, -0.25) is 9.59 Å². The van der Waals surface area contributed by atoms with Gasteiger partial charge < -0.3 is 9.88 Å². The number of aromatic nitrogens is 1. The van der Waals surface area contributed by atoms with Crippen molar-refractivity contribution < 1.29 is 4.79 Å². The fourth-order valence-corrected chi connectivity index (χ4v) is 3.24. The standard InChI is InChI=1S/C19H16Cl2N2O2/c1-11-8-12(2)18-15(9-11)23(7-6-16(18)24)10-17(25)22-14-5-3-4-13(20)19(14)21/h3-9H,10H2,1-2H3,(H,22,25). The Labute approximate surface area is 155 Å². The summed E-state index contributed by atoms with van der Waals surface area (Å²) in [6.45, 7) is 3.91. The normalized spacial score (nSPS) is 10.9. The molecule has 0 bridgehead atoms. The Kier molecular flexibility index (Phi) is 4.84. The van der Waals surface area contributed by atoms with E-state index in [1.807, 2.05) is 26.0 Å². The number of carbonyl (C=O) groups is 1. The number of nitrogens with one attached hydrogen (secondary N) is 1. The van der Waals surface area contributed by atoms with E-state index in [1.165, 1.54) is 6.07 Å². The van der Waals surface area contributed by atoms with E-state index in [9.17, 15) is 9.59 Å². The third-order valence-electron chi connectivity index (χ3n) is 3.96. The molecule has 3 aromatic rings. The third-order valence-corrected chi connectivity index (χ3v) is 4.78. The van der Waals surface area contributed by atoms with Crippen LogP contribution in [-0.4, -0.2) is 10.5 Å². The summed E-state index contributed by atoms with van der Waals surface area (Å²) in [6, 6.07) is 10.4. The van der Waals surface area contributed by atoms with Crippen molar-refractivity contribution in [3.05, 3.63) is 74.0 Å². The van der Waals surface area contributed by atoms with Gasteiger partial charge in [-0.05, 0) is 43.2 Å². The molecule has 128 valence electrons. The minimum Gasteiger partial charge on any atom is -0.338 e. The number of pyridine rings is 1. The minimum absolute atomic E-state index is 0.0537. The molecule has 0 aliphatic heterocycles. The first-order chi connectivity index (χ1) is 11.9. The zero-order valence-corrected chi connectivity index (χ0v) is 15.3. The predicted octanol–water partition coefficient (Wildman–Crippen LogP) is 4.56. The summed E-state index contributed by atoms with van der Waals surface area (Å²) in [5, 5.41) is 4.05. The van der Waals surface area contributed by atoms with Crippen LogP contribution in [0.25, 0.3) is 10.9 Å². The number of anilines is 1. The van der Waals surface area contributed by atoms with Gasteiger partial charge in [0, 0.05) is 17.6 Å². The van der Waals surface area contributed by atoms with Crippen LogP contribution in [0, 0.1) is 13.8 Å². The van der Waals surface area contributed by atoms with E-state index in [0.717, 1.165) is 16.6 Å². The molecule has 6 heteroatoms. The van der Waals surface area contributed by atoms with Crippen molar-refractivity contribution in [2.24, 2.45) is 0 Å². The average Bonchev–Trinajstić information content (AvgIpc) is 2.54. The Morgan fingerprint density at radius 2 is 1.92 bits per heavy atom. The van der Waals surface area contributed by atoms with E-state index in [0.29, 0.717) is 21.1 Å². The Balaban J connectivity index is 1.95. The molecule has 0 aliphatic rings. The molecule has 4 nitrogen and oxygen atoms in total. The van der Waals surface area contributed by atoms with Crippen LogP contribution in [0.4, 0.5) is 5.69 Å². The molecule has 0 spiro atoms. The highest BCUT2D eigenvalue weighted by Gasteiger charge is 2.12. The SMILES string of the molecule is Cc1cc(C)c2c(=O)ccn(CC(=O)Nc3cccc(Cl)c3Cl)c2c1. The Morgan fingerprint density at radius 3 is 2.68 bits per heavy atom. The van der Waals surface area contributed by atoms with Gasteiger partial charge in [-0.1, -0.05) is 35.3 Å². The first-order valence-electron chi connectivity index (χ1n) is 7.71. The van der Waals surface area contributed by atoms with Gasteiger partial charge >= 0.3 is 0 Å². The van der Waals surface area contributed by atoms with E-state index in [2.05, 4.69) is 5.32 Å². The number of rotatable bonds is 3. The van der Waals surface area contributed by atoms with Crippen LogP contribution in [0.1, 0.15) is 11.1 Å². The lowest BCUT2D eigenvalue weighted by atomic mass is 10.1. The molecule has 0 saturated heterocycles. The third kappa shape index (κ3) is 3.55. The predicted molar refractivity (Wildman–Crippen MR) is 103 cm³/mol. The molecule has 1 aromatic heterocycles. The first-order valence-corrected chi connectivity index (χ1v) is 8.46. The van der Waals surface area contributed by atoms with E-state index >= 15 is 0 Å². The van der Waals surface area contributed by atoms with E-state index in [1.54, 1.807) is 29.0 Å². The van der Waals surface area contributed by atoms with Crippen molar-refractivity contribution in [3.63, 3.8) is 0 Å². The van der Waals surface area contributed by atoms with Gasteiger partial charge in [0.05, 0.1) is 21.2 Å². The van der Waals surface area contributed by atoms with Crippen LogP contribution in [0.2, 0.25) is 10.0 Å². The van der Waals surface area contributed by atoms with E-state index in [4.69, 9.17) is 23.2 Å². The fraction of sp³-hybridized carbons (Fsp3) is 0.158. The molecule has 1 amide bonds. The lowest BCUT2D eigenvalue weighted by molar-refractivity contribution is -0.116. The van der Waals surface area contributed by atoms with Crippen molar-refractivity contribution in [1.29, 1.82) is 0 Å². The van der Waals surface area contributed by atoms with Gasteiger partial charge in [0.25, 0.3) is 0 Å². The van der Waals surface area contributed by atoms with Crippen LogP contribution in [0.3, 0.4) is 0 Å². The molecule has 0 fully saturated rings. The summed E-state index contributed by atoms with van der Waals surface area (Å²) in [7, 11) is 0. The zero-order valence-electron chi connectivity index (χ0n) is 13.8. The second-order valence-corrected chi connectivity index (χ2v) is 6.72.